The van der Waals surface area contributed by atoms with Gasteiger partial charge in [0, 0.05) is 32.8 Å². The van der Waals surface area contributed by atoms with Gasteiger partial charge in [-0.15, -0.1) is 0 Å². The maximum atomic E-state index is 11.8. The molecule has 6 heteroatoms. The summed E-state index contributed by atoms with van der Waals surface area (Å²) < 4.78 is 5.19. The molecule has 102 valence electrons. The molecule has 1 aliphatic heterocycles. The van der Waals surface area contributed by atoms with Crippen LogP contribution in [0.4, 0.5) is 4.79 Å². The number of carboxylic acid groups (broad SMARTS) is 1. The maximum Gasteiger partial charge on any atom is 0.317 e. The van der Waals surface area contributed by atoms with Gasteiger partial charge in [-0.1, -0.05) is 0 Å². The van der Waals surface area contributed by atoms with Gasteiger partial charge in [-0.2, -0.15) is 0 Å². The Morgan fingerprint density at radius 3 is 2.50 bits per heavy atom. The zero-order valence-electron chi connectivity index (χ0n) is 10.6. The van der Waals surface area contributed by atoms with E-state index in [2.05, 4.69) is 5.32 Å². The Labute approximate surface area is 106 Å². The molecule has 0 atom stereocenters. The number of carbonyl (C=O) groups excluding carboxylic acids is 1. The number of ether oxygens (including phenoxy) is 1. The van der Waals surface area contributed by atoms with Crippen LogP contribution in [0.1, 0.15) is 25.7 Å². The molecule has 0 bridgehead atoms. The van der Waals surface area contributed by atoms with Crippen molar-refractivity contribution in [1.82, 2.24) is 10.2 Å². The van der Waals surface area contributed by atoms with E-state index in [9.17, 15) is 14.7 Å². The molecule has 0 radical (unpaired) electrons. The van der Waals surface area contributed by atoms with Crippen LogP contribution in [-0.4, -0.2) is 54.9 Å². The second-order valence-electron chi connectivity index (χ2n) is 5.20. The van der Waals surface area contributed by atoms with E-state index < -0.39 is 11.4 Å². The van der Waals surface area contributed by atoms with Crippen molar-refractivity contribution >= 4 is 12.0 Å². The van der Waals surface area contributed by atoms with Crippen LogP contribution >= 0.6 is 0 Å². The van der Waals surface area contributed by atoms with Crippen LogP contribution in [0.15, 0.2) is 0 Å². The fourth-order valence-corrected chi connectivity index (χ4v) is 2.23. The maximum absolute atomic E-state index is 11.8. The quantitative estimate of drug-likeness (QED) is 0.775. The van der Waals surface area contributed by atoms with Gasteiger partial charge in [0.05, 0.1) is 5.41 Å². The third kappa shape index (κ3) is 2.75. The number of carboxylic acids is 1. The molecule has 1 saturated carbocycles. The Morgan fingerprint density at radius 2 is 2.00 bits per heavy atom. The van der Waals surface area contributed by atoms with Crippen molar-refractivity contribution in [2.45, 2.75) is 31.7 Å². The highest BCUT2D eigenvalue weighted by Crippen LogP contribution is 2.30. The van der Waals surface area contributed by atoms with Gasteiger partial charge in [0.25, 0.3) is 0 Å². The first-order valence-electron chi connectivity index (χ1n) is 6.37. The summed E-state index contributed by atoms with van der Waals surface area (Å²) in [6.45, 7) is 1.07. The molecule has 2 aliphatic rings. The van der Waals surface area contributed by atoms with Crippen LogP contribution in [0.2, 0.25) is 0 Å². The predicted octanol–water partition coefficient (Wildman–Crippen LogP) is 0.672. The van der Waals surface area contributed by atoms with E-state index >= 15 is 0 Å². The van der Waals surface area contributed by atoms with E-state index in [0.29, 0.717) is 32.1 Å². The Balaban J connectivity index is 1.89. The second-order valence-corrected chi connectivity index (χ2v) is 5.20. The summed E-state index contributed by atoms with van der Waals surface area (Å²) in [5.41, 5.74) is -0.863. The third-order valence-corrected chi connectivity index (χ3v) is 3.90. The van der Waals surface area contributed by atoms with Crippen LogP contribution in [0.5, 0.6) is 0 Å². The van der Waals surface area contributed by atoms with Crippen LogP contribution in [0.25, 0.3) is 0 Å². The summed E-state index contributed by atoms with van der Waals surface area (Å²) in [5, 5.41) is 12.1. The smallest absolute Gasteiger partial charge is 0.317 e. The normalized spacial score (nSPS) is 22.3. The highest BCUT2D eigenvalue weighted by Gasteiger charge is 2.41. The highest BCUT2D eigenvalue weighted by molar-refractivity contribution is 5.78. The zero-order chi connectivity index (χ0) is 13.2. The van der Waals surface area contributed by atoms with E-state index in [1.807, 2.05) is 0 Å². The molecule has 2 rings (SSSR count). The van der Waals surface area contributed by atoms with Crippen LogP contribution in [-0.2, 0) is 9.53 Å². The lowest BCUT2D eigenvalue weighted by Crippen LogP contribution is -2.49. The lowest BCUT2D eigenvalue weighted by atomic mass is 9.80. The van der Waals surface area contributed by atoms with Crippen molar-refractivity contribution in [2.24, 2.45) is 5.41 Å². The van der Waals surface area contributed by atoms with E-state index in [0.717, 1.165) is 12.8 Å². The van der Waals surface area contributed by atoms with Gasteiger partial charge in [0.15, 0.2) is 0 Å². The number of amides is 2. The van der Waals surface area contributed by atoms with Crippen molar-refractivity contribution in [3.05, 3.63) is 0 Å². The second kappa shape index (κ2) is 5.14. The van der Waals surface area contributed by atoms with Crippen LogP contribution < -0.4 is 5.32 Å². The van der Waals surface area contributed by atoms with Gasteiger partial charge in [-0.25, -0.2) is 4.79 Å². The van der Waals surface area contributed by atoms with Gasteiger partial charge >= 0.3 is 12.0 Å². The molecule has 0 spiro atoms. The number of rotatable bonds is 4. The summed E-state index contributed by atoms with van der Waals surface area (Å²) in [6.07, 6.45) is 3.00. The van der Waals surface area contributed by atoms with Crippen molar-refractivity contribution in [1.29, 1.82) is 0 Å². The number of aliphatic carboxylic acids is 1. The summed E-state index contributed by atoms with van der Waals surface area (Å²) in [7, 11) is 1.75. The Hall–Kier alpha value is -1.30. The lowest BCUT2D eigenvalue weighted by molar-refractivity contribution is -0.154. The van der Waals surface area contributed by atoms with Gasteiger partial charge in [-0.05, 0) is 25.7 Å². The number of nitrogens with one attached hydrogen (secondary N) is 1. The standard InChI is InChI=1S/C12H20N2O4/c1-14(9-2-3-9)11(17)13-8-12(10(15)16)4-6-18-7-5-12/h9H,2-8H2,1H3,(H,13,17)(H,15,16). The van der Waals surface area contributed by atoms with Gasteiger partial charge < -0.3 is 20.1 Å². The molecule has 0 aromatic rings. The number of nitrogens with zero attached hydrogens (tertiary/aromatic N) is 1. The molecule has 0 aromatic carbocycles. The SMILES string of the molecule is CN(C(=O)NCC1(C(=O)O)CCOCC1)C1CC1. The molecule has 2 N–H and O–H groups in total. The van der Waals surface area contributed by atoms with Crippen molar-refractivity contribution in [3.63, 3.8) is 0 Å². The van der Waals surface area contributed by atoms with Crippen LogP contribution in [0.3, 0.4) is 0 Å². The molecule has 2 fully saturated rings. The largest absolute Gasteiger partial charge is 0.481 e. The molecule has 0 unspecified atom stereocenters. The first kappa shape index (κ1) is 13.1. The van der Waals surface area contributed by atoms with Crippen LogP contribution in [0, 0.1) is 5.41 Å². The fourth-order valence-electron chi connectivity index (χ4n) is 2.23. The fraction of sp³-hybridized carbons (Fsp3) is 0.833. The molecule has 1 heterocycles. The topological polar surface area (TPSA) is 78.9 Å². The number of hydrogen-bond acceptors (Lipinski definition) is 3. The monoisotopic (exact) mass is 256 g/mol. The molecule has 18 heavy (non-hydrogen) atoms. The lowest BCUT2D eigenvalue weighted by Gasteiger charge is -2.33. The molecule has 1 saturated heterocycles. The molecular weight excluding hydrogens is 236 g/mol. The molecule has 0 aromatic heterocycles. The summed E-state index contributed by atoms with van der Waals surface area (Å²) in [4.78, 5) is 24.9. The van der Waals surface area contributed by atoms with E-state index in [-0.39, 0.29) is 12.6 Å². The van der Waals surface area contributed by atoms with Gasteiger partial charge in [0.2, 0.25) is 0 Å². The van der Waals surface area contributed by atoms with Crippen molar-refractivity contribution in [3.8, 4) is 0 Å². The number of carbonyl (C=O) groups is 2. The Morgan fingerprint density at radius 1 is 1.39 bits per heavy atom. The van der Waals surface area contributed by atoms with E-state index in [4.69, 9.17) is 4.74 Å². The average Bonchev–Trinajstić information content (AvgIpc) is 3.20. The van der Waals surface area contributed by atoms with E-state index in [1.165, 1.54) is 0 Å². The van der Waals surface area contributed by atoms with Crippen molar-refractivity contribution < 1.29 is 19.4 Å². The molecular formula is C12H20N2O4. The highest BCUT2D eigenvalue weighted by atomic mass is 16.5. The molecule has 1 aliphatic carbocycles. The average molecular weight is 256 g/mol. The minimum atomic E-state index is -0.863. The first-order valence-corrected chi connectivity index (χ1v) is 6.37. The molecule has 6 nitrogen and oxygen atoms in total. The van der Waals surface area contributed by atoms with Gasteiger partial charge in [-0.3, -0.25) is 4.79 Å². The minimum Gasteiger partial charge on any atom is -0.481 e. The Kier molecular flexibility index (Phi) is 3.75. The third-order valence-electron chi connectivity index (χ3n) is 3.90. The van der Waals surface area contributed by atoms with Crippen molar-refractivity contribution in [2.75, 3.05) is 26.8 Å². The number of hydrogen-bond donors (Lipinski definition) is 2. The first-order chi connectivity index (χ1) is 8.55. The molecule has 2 amide bonds. The predicted molar refractivity (Wildman–Crippen MR) is 64.3 cm³/mol. The summed E-state index contributed by atoms with van der Waals surface area (Å²) in [6, 6.07) is 0.157. The minimum absolute atomic E-state index is 0.176. The van der Waals surface area contributed by atoms with Gasteiger partial charge in [0.1, 0.15) is 0 Å². The van der Waals surface area contributed by atoms with E-state index in [1.54, 1.807) is 11.9 Å². The number of urea groups is 1. The zero-order valence-corrected chi connectivity index (χ0v) is 10.6. The summed E-state index contributed by atoms with van der Waals surface area (Å²) >= 11 is 0. The summed E-state index contributed by atoms with van der Waals surface area (Å²) in [5.74, 6) is -0.847. The Bertz CT molecular complexity index is 335.